The summed E-state index contributed by atoms with van der Waals surface area (Å²) >= 11 is 1.69. The molecular weight excluding hydrogens is 246 g/mol. The number of rotatable bonds is 9. The molecule has 5 heteroatoms. The molecule has 0 unspecified atom stereocenters. The van der Waals surface area contributed by atoms with Gasteiger partial charge < -0.3 is 15.8 Å². The van der Waals surface area contributed by atoms with Gasteiger partial charge in [0.1, 0.15) is 0 Å². The minimum atomic E-state index is 0.256. The number of aromatic nitrogens is 1. The Morgan fingerprint density at radius 2 is 2.28 bits per heavy atom. The van der Waals surface area contributed by atoms with E-state index in [1.165, 1.54) is 0 Å². The summed E-state index contributed by atoms with van der Waals surface area (Å²) in [7, 11) is 1.75. The standard InChI is InChI=1S/C13H25N3OS/c1-13(2,5-7-17-3)10-15-8-11-9-18-12(16-11)4-6-14/h9,15H,4-8,10,14H2,1-3H3. The van der Waals surface area contributed by atoms with E-state index in [1.54, 1.807) is 18.4 Å². The van der Waals surface area contributed by atoms with Gasteiger partial charge in [-0.3, -0.25) is 0 Å². The molecular formula is C13H25N3OS. The topological polar surface area (TPSA) is 60.2 Å². The highest BCUT2D eigenvalue weighted by Gasteiger charge is 2.16. The Bertz CT molecular complexity index is 339. The first-order valence-corrected chi connectivity index (χ1v) is 7.28. The normalized spacial score (nSPS) is 12.0. The Morgan fingerprint density at radius 1 is 1.50 bits per heavy atom. The molecule has 1 aromatic rings. The van der Waals surface area contributed by atoms with E-state index in [0.29, 0.717) is 6.54 Å². The van der Waals surface area contributed by atoms with Crippen LogP contribution in [0.5, 0.6) is 0 Å². The third-order valence-corrected chi connectivity index (χ3v) is 3.81. The number of hydrogen-bond donors (Lipinski definition) is 2. The zero-order valence-electron chi connectivity index (χ0n) is 11.7. The van der Waals surface area contributed by atoms with Gasteiger partial charge in [0.05, 0.1) is 10.7 Å². The van der Waals surface area contributed by atoms with E-state index in [9.17, 15) is 0 Å². The van der Waals surface area contributed by atoms with E-state index in [0.717, 1.165) is 43.2 Å². The van der Waals surface area contributed by atoms with Gasteiger partial charge >= 0.3 is 0 Å². The zero-order chi connectivity index (χ0) is 13.4. The predicted octanol–water partition coefficient (Wildman–Crippen LogP) is 1.80. The average Bonchev–Trinajstić information content (AvgIpc) is 2.75. The maximum Gasteiger partial charge on any atom is 0.0941 e. The van der Waals surface area contributed by atoms with Gasteiger partial charge in [0, 0.05) is 38.6 Å². The van der Waals surface area contributed by atoms with Crippen LogP contribution in [0.1, 0.15) is 31.0 Å². The quantitative estimate of drug-likeness (QED) is 0.719. The second-order valence-corrected chi connectivity index (χ2v) is 6.22. The number of nitrogens with zero attached hydrogens (tertiary/aromatic N) is 1. The van der Waals surface area contributed by atoms with Crippen molar-refractivity contribution < 1.29 is 4.74 Å². The summed E-state index contributed by atoms with van der Waals surface area (Å²) in [6.07, 6.45) is 1.94. The van der Waals surface area contributed by atoms with Crippen molar-refractivity contribution in [2.45, 2.75) is 33.2 Å². The second kappa shape index (κ2) is 7.84. The number of nitrogens with one attached hydrogen (secondary N) is 1. The molecule has 0 aliphatic rings. The van der Waals surface area contributed by atoms with E-state index in [1.807, 2.05) is 0 Å². The smallest absolute Gasteiger partial charge is 0.0941 e. The van der Waals surface area contributed by atoms with Crippen LogP contribution in [-0.2, 0) is 17.7 Å². The Labute approximate surface area is 114 Å². The number of methoxy groups -OCH3 is 1. The minimum Gasteiger partial charge on any atom is -0.385 e. The molecule has 18 heavy (non-hydrogen) atoms. The van der Waals surface area contributed by atoms with Crippen molar-refractivity contribution in [1.29, 1.82) is 0 Å². The summed E-state index contributed by atoms with van der Waals surface area (Å²) in [5.74, 6) is 0. The van der Waals surface area contributed by atoms with E-state index in [-0.39, 0.29) is 5.41 Å². The number of ether oxygens (including phenoxy) is 1. The molecule has 4 nitrogen and oxygen atoms in total. The van der Waals surface area contributed by atoms with Gasteiger partial charge in [-0.25, -0.2) is 4.98 Å². The lowest BCUT2D eigenvalue weighted by Gasteiger charge is -2.24. The van der Waals surface area contributed by atoms with Gasteiger partial charge in [-0.2, -0.15) is 0 Å². The molecule has 0 bridgehead atoms. The lowest BCUT2D eigenvalue weighted by molar-refractivity contribution is 0.150. The molecule has 0 radical (unpaired) electrons. The highest BCUT2D eigenvalue weighted by atomic mass is 32.1. The highest BCUT2D eigenvalue weighted by molar-refractivity contribution is 7.09. The Morgan fingerprint density at radius 3 is 2.94 bits per heavy atom. The summed E-state index contributed by atoms with van der Waals surface area (Å²) in [5, 5.41) is 6.71. The van der Waals surface area contributed by atoms with Crippen LogP contribution in [-0.4, -0.2) is 31.8 Å². The van der Waals surface area contributed by atoms with Crippen molar-refractivity contribution >= 4 is 11.3 Å². The van der Waals surface area contributed by atoms with E-state index in [4.69, 9.17) is 10.5 Å². The van der Waals surface area contributed by atoms with Crippen LogP contribution in [0.4, 0.5) is 0 Å². The van der Waals surface area contributed by atoms with E-state index < -0.39 is 0 Å². The van der Waals surface area contributed by atoms with Crippen molar-refractivity contribution in [1.82, 2.24) is 10.3 Å². The van der Waals surface area contributed by atoms with Crippen molar-refractivity contribution in [2.24, 2.45) is 11.1 Å². The molecule has 1 rings (SSSR count). The van der Waals surface area contributed by atoms with Crippen molar-refractivity contribution in [3.05, 3.63) is 16.1 Å². The van der Waals surface area contributed by atoms with Crippen LogP contribution in [0.2, 0.25) is 0 Å². The molecule has 0 aliphatic carbocycles. The lowest BCUT2D eigenvalue weighted by Crippen LogP contribution is -2.30. The first kappa shape index (κ1) is 15.6. The van der Waals surface area contributed by atoms with Crippen LogP contribution < -0.4 is 11.1 Å². The maximum absolute atomic E-state index is 5.51. The highest BCUT2D eigenvalue weighted by Crippen LogP contribution is 2.19. The Balaban J connectivity index is 2.27. The second-order valence-electron chi connectivity index (χ2n) is 5.28. The molecule has 0 spiro atoms. The van der Waals surface area contributed by atoms with Crippen LogP contribution in [0.3, 0.4) is 0 Å². The molecule has 104 valence electrons. The third-order valence-electron chi connectivity index (χ3n) is 2.85. The van der Waals surface area contributed by atoms with Gasteiger partial charge in [0.25, 0.3) is 0 Å². The molecule has 0 amide bonds. The molecule has 0 fully saturated rings. The largest absolute Gasteiger partial charge is 0.385 e. The van der Waals surface area contributed by atoms with Crippen molar-refractivity contribution in [2.75, 3.05) is 26.8 Å². The van der Waals surface area contributed by atoms with E-state index in [2.05, 4.69) is 29.5 Å². The maximum atomic E-state index is 5.51. The van der Waals surface area contributed by atoms with Gasteiger partial charge in [0.2, 0.25) is 0 Å². The Kier molecular flexibility index (Phi) is 6.78. The first-order valence-electron chi connectivity index (χ1n) is 6.40. The molecule has 0 atom stereocenters. The monoisotopic (exact) mass is 271 g/mol. The van der Waals surface area contributed by atoms with Crippen molar-refractivity contribution in [3.8, 4) is 0 Å². The van der Waals surface area contributed by atoms with Crippen LogP contribution >= 0.6 is 11.3 Å². The fourth-order valence-electron chi connectivity index (χ4n) is 1.66. The molecule has 1 aromatic heterocycles. The minimum absolute atomic E-state index is 0.256. The first-order chi connectivity index (χ1) is 8.57. The van der Waals surface area contributed by atoms with Gasteiger partial charge in [-0.15, -0.1) is 11.3 Å². The van der Waals surface area contributed by atoms with Crippen LogP contribution in [0.15, 0.2) is 5.38 Å². The number of nitrogens with two attached hydrogens (primary N) is 1. The average molecular weight is 271 g/mol. The van der Waals surface area contributed by atoms with E-state index >= 15 is 0 Å². The van der Waals surface area contributed by atoms with Gasteiger partial charge in [-0.1, -0.05) is 13.8 Å². The fraction of sp³-hybridized carbons (Fsp3) is 0.769. The summed E-state index contributed by atoms with van der Waals surface area (Å²) in [6, 6.07) is 0. The number of thiazole rings is 1. The van der Waals surface area contributed by atoms with Crippen LogP contribution in [0.25, 0.3) is 0 Å². The van der Waals surface area contributed by atoms with Gasteiger partial charge in [-0.05, 0) is 18.4 Å². The number of hydrogen-bond acceptors (Lipinski definition) is 5. The molecule has 0 saturated carbocycles. The Hall–Kier alpha value is -0.490. The fourth-order valence-corrected chi connectivity index (χ4v) is 2.48. The van der Waals surface area contributed by atoms with Gasteiger partial charge in [0.15, 0.2) is 0 Å². The molecule has 0 aromatic carbocycles. The molecule has 3 N–H and O–H groups in total. The SMILES string of the molecule is COCCC(C)(C)CNCc1csc(CCN)n1. The third kappa shape index (κ3) is 5.91. The summed E-state index contributed by atoms with van der Waals surface area (Å²) in [5.41, 5.74) is 6.89. The molecule has 1 heterocycles. The summed E-state index contributed by atoms with van der Waals surface area (Å²) in [4.78, 5) is 4.53. The predicted molar refractivity (Wildman–Crippen MR) is 76.9 cm³/mol. The summed E-state index contributed by atoms with van der Waals surface area (Å²) in [6.45, 7) is 7.79. The molecule has 0 saturated heterocycles. The molecule has 0 aliphatic heterocycles. The van der Waals surface area contributed by atoms with Crippen LogP contribution in [0, 0.1) is 5.41 Å². The zero-order valence-corrected chi connectivity index (χ0v) is 12.5. The lowest BCUT2D eigenvalue weighted by atomic mass is 9.90. The summed E-state index contributed by atoms with van der Waals surface area (Å²) < 4.78 is 5.12. The van der Waals surface area contributed by atoms with Crippen molar-refractivity contribution in [3.63, 3.8) is 0 Å².